The van der Waals surface area contributed by atoms with Crippen molar-refractivity contribution in [2.45, 2.75) is 31.8 Å². The average Bonchev–Trinajstić information content (AvgIpc) is 2.90. The van der Waals surface area contributed by atoms with Gasteiger partial charge in [-0.1, -0.05) is 25.1 Å². The summed E-state index contributed by atoms with van der Waals surface area (Å²) in [5, 5.41) is 18.7. The van der Waals surface area contributed by atoms with Crippen LogP contribution in [-0.4, -0.2) is 23.9 Å². The van der Waals surface area contributed by atoms with E-state index in [0.717, 1.165) is 24.2 Å². The van der Waals surface area contributed by atoms with Crippen molar-refractivity contribution >= 4 is 0 Å². The van der Waals surface area contributed by atoms with Crippen molar-refractivity contribution < 1.29 is 19.7 Å². The minimum atomic E-state index is -0.0902. The van der Waals surface area contributed by atoms with Crippen LogP contribution < -0.4 is 9.47 Å². The highest BCUT2D eigenvalue weighted by atomic mass is 16.5. The predicted molar refractivity (Wildman–Crippen MR) is 88.3 cm³/mol. The number of phenols is 1. The Morgan fingerprint density at radius 3 is 2.74 bits per heavy atom. The highest BCUT2D eigenvalue weighted by molar-refractivity contribution is 5.48. The number of rotatable bonds is 5. The molecule has 0 aromatic heterocycles. The van der Waals surface area contributed by atoms with Gasteiger partial charge in [0.05, 0.1) is 7.11 Å². The van der Waals surface area contributed by atoms with Gasteiger partial charge >= 0.3 is 0 Å². The van der Waals surface area contributed by atoms with Crippen molar-refractivity contribution in [1.29, 1.82) is 0 Å². The van der Waals surface area contributed by atoms with E-state index in [1.54, 1.807) is 13.2 Å². The fourth-order valence-electron chi connectivity index (χ4n) is 3.13. The maximum atomic E-state index is 9.75. The number of benzene rings is 2. The van der Waals surface area contributed by atoms with Gasteiger partial charge in [0.25, 0.3) is 0 Å². The molecule has 122 valence electrons. The van der Waals surface area contributed by atoms with Crippen molar-refractivity contribution in [3.8, 4) is 17.2 Å². The zero-order valence-electron chi connectivity index (χ0n) is 13.5. The summed E-state index contributed by atoms with van der Waals surface area (Å²) in [5.41, 5.74) is 3.40. The molecule has 3 rings (SSSR count). The molecule has 23 heavy (non-hydrogen) atoms. The van der Waals surface area contributed by atoms with Gasteiger partial charge in [0, 0.05) is 18.1 Å². The van der Waals surface area contributed by atoms with E-state index in [0.29, 0.717) is 5.75 Å². The summed E-state index contributed by atoms with van der Waals surface area (Å²) in [6, 6.07) is 11.6. The van der Waals surface area contributed by atoms with Crippen molar-refractivity contribution in [2.75, 3.05) is 13.7 Å². The Kier molecular flexibility index (Phi) is 4.44. The minimum absolute atomic E-state index is 0.0902. The minimum Gasteiger partial charge on any atom is -0.504 e. The maximum absolute atomic E-state index is 9.75. The van der Waals surface area contributed by atoms with Gasteiger partial charge in [0.1, 0.15) is 11.9 Å². The van der Waals surface area contributed by atoms with E-state index in [2.05, 4.69) is 19.1 Å². The number of aromatic hydroxyl groups is 1. The van der Waals surface area contributed by atoms with Crippen LogP contribution >= 0.6 is 0 Å². The molecule has 0 fully saturated rings. The zero-order valence-corrected chi connectivity index (χ0v) is 13.5. The summed E-state index contributed by atoms with van der Waals surface area (Å²) in [6.45, 7) is 2.35. The molecule has 0 bridgehead atoms. The van der Waals surface area contributed by atoms with Gasteiger partial charge in [-0.05, 0) is 42.2 Å². The second-order valence-electron chi connectivity index (χ2n) is 5.96. The molecule has 1 aliphatic rings. The highest BCUT2D eigenvalue weighted by Gasteiger charge is 2.32. The second kappa shape index (κ2) is 6.50. The summed E-state index contributed by atoms with van der Waals surface area (Å²) in [4.78, 5) is 0. The van der Waals surface area contributed by atoms with Gasteiger partial charge in [-0.3, -0.25) is 0 Å². The Hall–Kier alpha value is -2.20. The Labute approximate surface area is 136 Å². The Morgan fingerprint density at radius 2 is 2.00 bits per heavy atom. The number of aryl methyl sites for hydroxylation is 1. The summed E-state index contributed by atoms with van der Waals surface area (Å²) >= 11 is 0. The lowest BCUT2D eigenvalue weighted by molar-refractivity contribution is 0.215. The van der Waals surface area contributed by atoms with E-state index >= 15 is 0 Å². The first-order valence-corrected chi connectivity index (χ1v) is 7.91. The molecule has 0 amide bonds. The number of hydrogen-bond donors (Lipinski definition) is 2. The van der Waals surface area contributed by atoms with Gasteiger partial charge in [0.15, 0.2) is 11.5 Å². The molecule has 2 aromatic carbocycles. The summed E-state index contributed by atoms with van der Waals surface area (Å²) in [6.07, 6.45) is 1.55. The van der Waals surface area contributed by atoms with Gasteiger partial charge in [-0.2, -0.15) is 0 Å². The number of aliphatic hydroxyl groups excluding tert-OH is 1. The van der Waals surface area contributed by atoms with Gasteiger partial charge < -0.3 is 19.7 Å². The van der Waals surface area contributed by atoms with Gasteiger partial charge in [0.2, 0.25) is 0 Å². The number of fused-ring (bicyclic) bond motifs is 1. The number of aliphatic hydroxyl groups is 1. The van der Waals surface area contributed by atoms with Crippen LogP contribution in [0.2, 0.25) is 0 Å². The Balaban J connectivity index is 1.87. The Bertz CT molecular complexity index is 696. The van der Waals surface area contributed by atoms with Gasteiger partial charge in [-0.25, -0.2) is 0 Å². The second-order valence-corrected chi connectivity index (χ2v) is 5.96. The number of hydrogen-bond acceptors (Lipinski definition) is 4. The van der Waals surface area contributed by atoms with E-state index in [1.165, 1.54) is 11.1 Å². The summed E-state index contributed by atoms with van der Waals surface area (Å²) in [5.74, 6) is 1.71. The monoisotopic (exact) mass is 314 g/mol. The number of methoxy groups -OCH3 is 1. The van der Waals surface area contributed by atoms with Crippen molar-refractivity contribution in [3.05, 3.63) is 53.1 Å². The average molecular weight is 314 g/mol. The van der Waals surface area contributed by atoms with Crippen LogP contribution in [-0.2, 0) is 6.42 Å². The normalized spacial score (nSPS) is 19.3. The van der Waals surface area contributed by atoms with E-state index in [1.807, 2.05) is 18.2 Å². The fraction of sp³-hybridized carbons (Fsp3) is 0.368. The lowest BCUT2D eigenvalue weighted by Crippen LogP contribution is -2.07. The van der Waals surface area contributed by atoms with Crippen LogP contribution in [0.1, 0.15) is 42.1 Å². The molecule has 2 N–H and O–H groups in total. The quantitative estimate of drug-likeness (QED) is 0.886. The topological polar surface area (TPSA) is 58.9 Å². The standard InChI is InChI=1S/C19H22O4/c1-12-15-10-13(4-3-9-20)5-8-17(15)23-19(12)14-6-7-16(21)18(11-14)22-2/h5-8,10-12,19-21H,3-4,9H2,1-2H3/t12-,19-/m1/s1. The smallest absolute Gasteiger partial charge is 0.160 e. The summed E-state index contributed by atoms with van der Waals surface area (Å²) < 4.78 is 11.3. The van der Waals surface area contributed by atoms with Crippen LogP contribution in [0.5, 0.6) is 17.2 Å². The molecule has 4 heteroatoms. The molecule has 0 radical (unpaired) electrons. The van der Waals surface area contributed by atoms with Crippen LogP contribution in [0.25, 0.3) is 0 Å². The Morgan fingerprint density at radius 1 is 1.17 bits per heavy atom. The SMILES string of the molecule is COc1cc([C@@H]2Oc3ccc(CCCO)cc3[C@H]2C)ccc1O. The van der Waals surface area contributed by atoms with Crippen LogP contribution in [0.3, 0.4) is 0 Å². The molecule has 0 unspecified atom stereocenters. The third-order valence-electron chi connectivity index (χ3n) is 4.43. The first-order valence-electron chi connectivity index (χ1n) is 7.91. The number of ether oxygens (including phenoxy) is 2. The molecule has 0 saturated heterocycles. The molecule has 2 aromatic rings. The highest BCUT2D eigenvalue weighted by Crippen LogP contribution is 2.47. The third-order valence-corrected chi connectivity index (χ3v) is 4.43. The number of phenolic OH excluding ortho intramolecular Hbond substituents is 1. The van der Waals surface area contributed by atoms with Crippen LogP contribution in [0.4, 0.5) is 0 Å². The van der Waals surface area contributed by atoms with Crippen LogP contribution in [0, 0.1) is 0 Å². The molecular formula is C19H22O4. The molecule has 4 nitrogen and oxygen atoms in total. The van der Waals surface area contributed by atoms with Crippen LogP contribution in [0.15, 0.2) is 36.4 Å². The van der Waals surface area contributed by atoms with Crippen molar-refractivity contribution in [1.82, 2.24) is 0 Å². The predicted octanol–water partition coefficient (Wildman–Crippen LogP) is 3.56. The molecule has 2 atom stereocenters. The van der Waals surface area contributed by atoms with Crippen molar-refractivity contribution in [2.24, 2.45) is 0 Å². The molecule has 0 aliphatic carbocycles. The van der Waals surface area contributed by atoms with E-state index in [4.69, 9.17) is 14.6 Å². The lowest BCUT2D eigenvalue weighted by Gasteiger charge is -2.17. The van der Waals surface area contributed by atoms with E-state index in [-0.39, 0.29) is 24.4 Å². The first kappa shape index (κ1) is 15.7. The van der Waals surface area contributed by atoms with E-state index in [9.17, 15) is 5.11 Å². The van der Waals surface area contributed by atoms with Crippen molar-refractivity contribution in [3.63, 3.8) is 0 Å². The largest absolute Gasteiger partial charge is 0.504 e. The van der Waals surface area contributed by atoms with Gasteiger partial charge in [-0.15, -0.1) is 0 Å². The fourth-order valence-corrected chi connectivity index (χ4v) is 3.13. The summed E-state index contributed by atoms with van der Waals surface area (Å²) in [7, 11) is 1.54. The zero-order chi connectivity index (χ0) is 16.4. The molecule has 1 aliphatic heterocycles. The maximum Gasteiger partial charge on any atom is 0.160 e. The lowest BCUT2D eigenvalue weighted by atomic mass is 9.91. The molecule has 1 heterocycles. The third kappa shape index (κ3) is 2.99. The molecular weight excluding hydrogens is 292 g/mol. The first-order chi connectivity index (χ1) is 11.1. The van der Waals surface area contributed by atoms with E-state index < -0.39 is 0 Å². The molecule has 0 saturated carbocycles. The molecule has 0 spiro atoms.